The number of rotatable bonds is 32. The number of carbonyl (C=O) groups excluding carboxylic acids is 2. The SMILES string of the molecule is CCCCCCCCCCCCN(C)CCC(=O)Nc1cccc(Cc2cccc(NC(=O)CCN(C)CCCCCCCCCCCC)c2)c1. The van der Waals surface area contributed by atoms with Crippen molar-refractivity contribution in [3.63, 3.8) is 0 Å². The Kier molecular flexibility index (Phi) is 26.0. The maximum Gasteiger partial charge on any atom is 0.225 e. The van der Waals surface area contributed by atoms with E-state index >= 15 is 0 Å². The van der Waals surface area contributed by atoms with Gasteiger partial charge in [-0.1, -0.05) is 154 Å². The van der Waals surface area contributed by atoms with Crippen molar-refractivity contribution in [3.8, 4) is 0 Å². The van der Waals surface area contributed by atoms with Crippen LogP contribution in [0.15, 0.2) is 48.5 Å². The molecule has 0 aromatic heterocycles. The van der Waals surface area contributed by atoms with Gasteiger partial charge in [-0.2, -0.15) is 0 Å². The van der Waals surface area contributed by atoms with Crippen LogP contribution in [0.1, 0.15) is 166 Å². The fourth-order valence-corrected chi connectivity index (χ4v) is 6.75. The number of unbranched alkanes of at least 4 members (excludes halogenated alkanes) is 18. The summed E-state index contributed by atoms with van der Waals surface area (Å²) in [6, 6.07) is 16.2. The lowest BCUT2D eigenvalue weighted by molar-refractivity contribution is -0.117. The van der Waals surface area contributed by atoms with E-state index in [1.54, 1.807) is 0 Å². The van der Waals surface area contributed by atoms with E-state index in [4.69, 9.17) is 0 Å². The quantitative estimate of drug-likeness (QED) is 0.0744. The Labute approximate surface area is 313 Å². The van der Waals surface area contributed by atoms with Crippen LogP contribution >= 0.6 is 0 Å². The van der Waals surface area contributed by atoms with Crippen molar-refractivity contribution in [2.75, 3.05) is 50.9 Å². The number of carbonyl (C=O) groups is 2. The van der Waals surface area contributed by atoms with Gasteiger partial charge in [0, 0.05) is 37.3 Å². The molecule has 0 saturated heterocycles. The smallest absolute Gasteiger partial charge is 0.225 e. The van der Waals surface area contributed by atoms with Crippen LogP contribution in [0.2, 0.25) is 0 Å². The molecule has 0 unspecified atom stereocenters. The highest BCUT2D eigenvalue weighted by molar-refractivity contribution is 5.91. The minimum Gasteiger partial charge on any atom is -0.326 e. The Balaban J connectivity index is 1.61. The summed E-state index contributed by atoms with van der Waals surface area (Å²) in [5, 5.41) is 6.20. The second-order valence-corrected chi connectivity index (χ2v) is 15.1. The van der Waals surface area contributed by atoms with Gasteiger partial charge in [0.25, 0.3) is 0 Å². The van der Waals surface area contributed by atoms with Crippen LogP contribution in [-0.4, -0.2) is 61.9 Å². The normalized spacial score (nSPS) is 11.4. The zero-order valence-corrected chi connectivity index (χ0v) is 33.4. The number of benzene rings is 2. The van der Waals surface area contributed by atoms with Gasteiger partial charge < -0.3 is 20.4 Å². The summed E-state index contributed by atoms with van der Waals surface area (Å²) in [6.07, 6.45) is 28.6. The van der Waals surface area contributed by atoms with E-state index in [1.165, 1.54) is 128 Å². The number of anilines is 2. The standard InChI is InChI=1S/C45H76N4O2/c1-5-7-9-11-13-15-17-19-21-23-33-48(3)35-31-44(50)46-42-29-25-27-40(38-42)37-41-28-26-30-43(39-41)47-45(51)32-36-49(4)34-24-22-20-18-16-14-12-10-8-6-2/h25-30,38-39H,5-24,31-37H2,1-4H3,(H,46,50)(H,47,51). The van der Waals surface area contributed by atoms with E-state index in [-0.39, 0.29) is 11.8 Å². The van der Waals surface area contributed by atoms with Gasteiger partial charge in [0.15, 0.2) is 0 Å². The summed E-state index contributed by atoms with van der Waals surface area (Å²) < 4.78 is 0. The molecule has 0 saturated carbocycles. The van der Waals surface area contributed by atoms with Crippen LogP contribution < -0.4 is 10.6 Å². The molecule has 0 radical (unpaired) electrons. The van der Waals surface area contributed by atoms with Crippen LogP contribution in [0, 0.1) is 0 Å². The van der Waals surface area contributed by atoms with E-state index in [1.807, 2.05) is 24.3 Å². The molecule has 0 atom stereocenters. The maximum atomic E-state index is 12.7. The molecule has 0 aliphatic heterocycles. The van der Waals surface area contributed by atoms with E-state index in [2.05, 4.69) is 72.6 Å². The van der Waals surface area contributed by atoms with Gasteiger partial charge in [-0.05, 0) is 81.8 Å². The topological polar surface area (TPSA) is 64.7 Å². The fraction of sp³-hybridized carbons (Fsp3) is 0.689. The van der Waals surface area contributed by atoms with E-state index < -0.39 is 0 Å². The molecule has 2 rings (SSSR count). The highest BCUT2D eigenvalue weighted by Gasteiger charge is 2.09. The first-order valence-electron chi connectivity index (χ1n) is 21.0. The van der Waals surface area contributed by atoms with Gasteiger partial charge in [-0.3, -0.25) is 9.59 Å². The summed E-state index contributed by atoms with van der Waals surface area (Å²) in [4.78, 5) is 30.0. The van der Waals surface area contributed by atoms with Gasteiger partial charge in [0.1, 0.15) is 0 Å². The number of amides is 2. The molecule has 288 valence electrons. The second-order valence-electron chi connectivity index (χ2n) is 15.1. The van der Waals surface area contributed by atoms with Crippen LogP contribution in [0.25, 0.3) is 0 Å². The molecule has 0 bridgehead atoms. The van der Waals surface area contributed by atoms with Crippen LogP contribution in [-0.2, 0) is 16.0 Å². The summed E-state index contributed by atoms with van der Waals surface area (Å²) >= 11 is 0. The highest BCUT2D eigenvalue weighted by atomic mass is 16.2. The minimum absolute atomic E-state index is 0.0564. The van der Waals surface area contributed by atoms with Crippen molar-refractivity contribution in [1.29, 1.82) is 0 Å². The lowest BCUT2D eigenvalue weighted by Gasteiger charge is -2.16. The van der Waals surface area contributed by atoms with E-state index in [0.29, 0.717) is 12.8 Å². The largest absolute Gasteiger partial charge is 0.326 e. The van der Waals surface area contributed by atoms with Crippen LogP contribution in [0.5, 0.6) is 0 Å². The Morgan fingerprint density at radius 1 is 0.471 bits per heavy atom. The Morgan fingerprint density at radius 2 is 0.804 bits per heavy atom. The Bertz CT molecular complexity index is 1080. The van der Waals surface area contributed by atoms with Gasteiger partial charge in [-0.15, -0.1) is 0 Å². The average Bonchev–Trinajstić information content (AvgIpc) is 3.11. The Morgan fingerprint density at radius 3 is 1.16 bits per heavy atom. The van der Waals surface area contributed by atoms with Crippen LogP contribution in [0.4, 0.5) is 11.4 Å². The molecule has 2 amide bonds. The zero-order chi connectivity index (χ0) is 36.8. The Hall–Kier alpha value is -2.70. The number of hydrogen-bond donors (Lipinski definition) is 2. The molecule has 51 heavy (non-hydrogen) atoms. The predicted octanol–water partition coefficient (Wildman–Crippen LogP) is 11.6. The first-order valence-corrected chi connectivity index (χ1v) is 21.0. The van der Waals surface area contributed by atoms with Gasteiger partial charge in [0.05, 0.1) is 0 Å². The number of nitrogens with one attached hydrogen (secondary N) is 2. The molecule has 6 nitrogen and oxygen atoms in total. The van der Waals surface area contributed by atoms with Gasteiger partial charge in [0.2, 0.25) is 11.8 Å². The summed E-state index contributed by atoms with van der Waals surface area (Å²) in [7, 11) is 4.24. The molecule has 2 aromatic carbocycles. The summed E-state index contributed by atoms with van der Waals surface area (Å²) in [5.74, 6) is 0.113. The first kappa shape index (κ1) is 44.5. The molecule has 0 heterocycles. The van der Waals surface area contributed by atoms with Crippen molar-refractivity contribution < 1.29 is 9.59 Å². The van der Waals surface area contributed by atoms with Crippen molar-refractivity contribution >= 4 is 23.2 Å². The number of nitrogens with zero attached hydrogens (tertiary/aromatic N) is 2. The maximum absolute atomic E-state index is 12.7. The molecule has 0 aliphatic carbocycles. The summed E-state index contributed by atoms with van der Waals surface area (Å²) in [5.41, 5.74) is 3.92. The van der Waals surface area contributed by atoms with Crippen molar-refractivity contribution in [1.82, 2.24) is 9.80 Å². The van der Waals surface area contributed by atoms with Crippen molar-refractivity contribution in [3.05, 3.63) is 59.7 Å². The van der Waals surface area contributed by atoms with E-state index in [0.717, 1.165) is 55.1 Å². The van der Waals surface area contributed by atoms with Gasteiger partial charge in [-0.25, -0.2) is 0 Å². The molecular formula is C45H76N4O2. The molecule has 0 fully saturated rings. The average molecular weight is 705 g/mol. The molecular weight excluding hydrogens is 629 g/mol. The van der Waals surface area contributed by atoms with Gasteiger partial charge >= 0.3 is 0 Å². The fourth-order valence-electron chi connectivity index (χ4n) is 6.75. The molecule has 2 aromatic rings. The highest BCUT2D eigenvalue weighted by Crippen LogP contribution is 2.19. The summed E-state index contributed by atoms with van der Waals surface area (Å²) in [6.45, 7) is 8.20. The van der Waals surface area contributed by atoms with E-state index in [9.17, 15) is 9.59 Å². The lowest BCUT2D eigenvalue weighted by Crippen LogP contribution is -2.25. The lowest BCUT2D eigenvalue weighted by atomic mass is 10.0. The third-order valence-electron chi connectivity index (χ3n) is 10.1. The molecule has 2 N–H and O–H groups in total. The monoisotopic (exact) mass is 705 g/mol. The van der Waals surface area contributed by atoms with Crippen molar-refractivity contribution in [2.24, 2.45) is 0 Å². The second kappa shape index (κ2) is 29.8. The van der Waals surface area contributed by atoms with Crippen LogP contribution in [0.3, 0.4) is 0 Å². The molecule has 6 heteroatoms. The first-order chi connectivity index (χ1) is 24.9. The zero-order valence-electron chi connectivity index (χ0n) is 33.4. The minimum atomic E-state index is 0.0564. The predicted molar refractivity (Wildman–Crippen MR) is 221 cm³/mol. The van der Waals surface area contributed by atoms with Crippen molar-refractivity contribution in [2.45, 2.75) is 162 Å². The molecule has 0 spiro atoms. The third kappa shape index (κ3) is 24.2. The number of hydrogen-bond acceptors (Lipinski definition) is 4. The molecule has 0 aliphatic rings. The third-order valence-corrected chi connectivity index (χ3v) is 10.1.